The van der Waals surface area contributed by atoms with Gasteiger partial charge in [0.05, 0.1) is 12.2 Å². The highest BCUT2D eigenvalue weighted by Gasteiger charge is 2.35. The van der Waals surface area contributed by atoms with Crippen LogP contribution in [-0.2, 0) is 34.5 Å². The van der Waals surface area contributed by atoms with Gasteiger partial charge in [-0.2, -0.15) is 0 Å². The number of aryl methyl sites for hydroxylation is 1. The lowest BCUT2D eigenvalue weighted by Gasteiger charge is -2.41. The van der Waals surface area contributed by atoms with E-state index in [1.165, 1.54) is 16.7 Å². The van der Waals surface area contributed by atoms with Crippen LogP contribution in [0.15, 0.2) is 42.5 Å². The van der Waals surface area contributed by atoms with E-state index < -0.39 is 0 Å². The van der Waals surface area contributed by atoms with Gasteiger partial charge < -0.3 is 19.8 Å². The van der Waals surface area contributed by atoms with Crippen molar-refractivity contribution in [2.75, 3.05) is 18.0 Å². The average molecular weight is 482 g/mol. The summed E-state index contributed by atoms with van der Waals surface area (Å²) >= 11 is 6.26. The maximum Gasteiger partial charge on any atom is 0.231 e. The van der Waals surface area contributed by atoms with Crippen molar-refractivity contribution in [1.82, 2.24) is 20.1 Å². The summed E-state index contributed by atoms with van der Waals surface area (Å²) in [5, 5.41) is 13.3. The van der Waals surface area contributed by atoms with Crippen molar-refractivity contribution in [1.29, 1.82) is 0 Å². The molecular formula is C26H32ClN5O2. The fourth-order valence-corrected chi connectivity index (χ4v) is 5.18. The molecule has 1 fully saturated rings. The largest absolute Gasteiger partial charge is 0.341 e. The summed E-state index contributed by atoms with van der Waals surface area (Å²) in [4.78, 5) is 18.4. The summed E-state index contributed by atoms with van der Waals surface area (Å²) in [5.41, 5.74) is 5.50. The van der Waals surface area contributed by atoms with Crippen LogP contribution in [0.25, 0.3) is 5.69 Å². The van der Waals surface area contributed by atoms with Crippen LogP contribution in [0.4, 0.5) is 5.95 Å². The molecule has 5 rings (SSSR count). The van der Waals surface area contributed by atoms with Crippen molar-refractivity contribution < 1.29 is 9.59 Å². The Morgan fingerprint density at radius 3 is 2.44 bits per heavy atom. The van der Waals surface area contributed by atoms with Gasteiger partial charge in [-0.1, -0.05) is 49.7 Å². The second-order valence-corrected chi connectivity index (χ2v) is 9.12. The zero-order valence-corrected chi connectivity index (χ0v) is 20.6. The third-order valence-electron chi connectivity index (χ3n) is 6.79. The first-order chi connectivity index (χ1) is 16.6. The Kier molecular flexibility index (Phi) is 8.58. The normalized spacial score (nSPS) is 16.0. The minimum atomic E-state index is 0.206. The fraction of sp³-hybridized carbons (Fsp3) is 0.385. The number of piperidine rings is 1. The Balaban J connectivity index is 0.000000771. The molecule has 0 saturated carbocycles. The number of nitrogens with one attached hydrogen (secondary N) is 1. The van der Waals surface area contributed by atoms with E-state index in [2.05, 4.69) is 69.2 Å². The topological polar surface area (TPSA) is 80.1 Å². The first-order valence-electron chi connectivity index (χ1n) is 11.4. The van der Waals surface area contributed by atoms with E-state index in [-0.39, 0.29) is 5.41 Å². The van der Waals surface area contributed by atoms with E-state index in [0.29, 0.717) is 6.54 Å². The SMILES string of the molecule is C=O.C=O.CCc1ccccc1C1(C)CCN(c2nnc3n2-c2ccc(Cl)cc2CNC3)CC1. The van der Waals surface area contributed by atoms with Crippen LogP contribution >= 0.6 is 11.6 Å². The minimum absolute atomic E-state index is 0.206. The number of carbonyl (C=O) groups is 2. The van der Waals surface area contributed by atoms with Gasteiger partial charge in [-0.05, 0) is 59.6 Å². The smallest absolute Gasteiger partial charge is 0.231 e. The molecule has 8 heteroatoms. The van der Waals surface area contributed by atoms with Gasteiger partial charge in [0.2, 0.25) is 5.95 Å². The van der Waals surface area contributed by atoms with Crippen molar-refractivity contribution in [2.24, 2.45) is 0 Å². The maximum absolute atomic E-state index is 8.00. The molecule has 3 aromatic rings. The molecule has 0 unspecified atom stereocenters. The number of halogens is 1. The number of hydrogen-bond donors (Lipinski definition) is 1. The van der Waals surface area contributed by atoms with Gasteiger partial charge in [-0.15, -0.1) is 10.2 Å². The molecule has 7 nitrogen and oxygen atoms in total. The molecular weight excluding hydrogens is 450 g/mol. The van der Waals surface area contributed by atoms with E-state index >= 15 is 0 Å². The molecule has 2 aliphatic rings. The zero-order chi connectivity index (χ0) is 24.7. The van der Waals surface area contributed by atoms with Crippen molar-refractivity contribution in [3.8, 4) is 5.69 Å². The molecule has 0 radical (unpaired) electrons. The Labute approximate surface area is 206 Å². The lowest BCUT2D eigenvalue weighted by Crippen LogP contribution is -2.42. The Bertz CT molecular complexity index is 1110. The first-order valence-corrected chi connectivity index (χ1v) is 11.8. The highest BCUT2D eigenvalue weighted by atomic mass is 35.5. The lowest BCUT2D eigenvalue weighted by molar-refractivity contribution is -0.0987. The fourth-order valence-electron chi connectivity index (χ4n) is 4.98. The second-order valence-electron chi connectivity index (χ2n) is 8.69. The monoisotopic (exact) mass is 481 g/mol. The Morgan fingerprint density at radius 2 is 1.74 bits per heavy atom. The van der Waals surface area contributed by atoms with Gasteiger partial charge in [-0.3, -0.25) is 4.57 Å². The third-order valence-corrected chi connectivity index (χ3v) is 7.03. The molecule has 34 heavy (non-hydrogen) atoms. The molecule has 1 saturated heterocycles. The van der Waals surface area contributed by atoms with E-state index in [4.69, 9.17) is 21.2 Å². The molecule has 2 aromatic carbocycles. The second kappa shape index (κ2) is 11.4. The van der Waals surface area contributed by atoms with Crippen molar-refractivity contribution in [2.45, 2.75) is 51.6 Å². The number of nitrogens with zero attached hydrogens (tertiary/aromatic N) is 4. The zero-order valence-electron chi connectivity index (χ0n) is 19.9. The molecule has 0 spiro atoms. The van der Waals surface area contributed by atoms with Crippen molar-refractivity contribution in [3.05, 3.63) is 70.0 Å². The van der Waals surface area contributed by atoms with E-state index in [0.717, 1.165) is 61.4 Å². The number of fused-ring (bicyclic) bond motifs is 3. The van der Waals surface area contributed by atoms with E-state index in [1.54, 1.807) is 0 Å². The van der Waals surface area contributed by atoms with Crippen LogP contribution in [0.3, 0.4) is 0 Å². The van der Waals surface area contributed by atoms with Gasteiger partial charge in [0.15, 0.2) is 5.82 Å². The molecule has 0 bridgehead atoms. The van der Waals surface area contributed by atoms with Crippen LogP contribution in [0.2, 0.25) is 5.02 Å². The molecule has 1 N–H and O–H groups in total. The average Bonchev–Trinajstić information content (AvgIpc) is 3.22. The van der Waals surface area contributed by atoms with Crippen LogP contribution in [-0.4, -0.2) is 41.4 Å². The van der Waals surface area contributed by atoms with Crippen LogP contribution in [0.1, 0.15) is 49.2 Å². The quantitative estimate of drug-likeness (QED) is 0.601. The van der Waals surface area contributed by atoms with Crippen LogP contribution in [0.5, 0.6) is 0 Å². The molecule has 2 aliphatic heterocycles. The summed E-state index contributed by atoms with van der Waals surface area (Å²) in [6.45, 7) is 12.1. The summed E-state index contributed by atoms with van der Waals surface area (Å²) in [7, 11) is 0. The molecule has 0 amide bonds. The van der Waals surface area contributed by atoms with Gasteiger partial charge in [0.1, 0.15) is 13.6 Å². The van der Waals surface area contributed by atoms with Crippen molar-refractivity contribution in [3.63, 3.8) is 0 Å². The number of aromatic nitrogens is 3. The van der Waals surface area contributed by atoms with Gasteiger partial charge in [0, 0.05) is 24.7 Å². The minimum Gasteiger partial charge on any atom is -0.341 e. The molecule has 0 atom stereocenters. The first kappa shape index (κ1) is 25.6. The van der Waals surface area contributed by atoms with Gasteiger partial charge >= 0.3 is 0 Å². The standard InChI is InChI=1S/C24H28ClN5.2CH2O/c1-3-17-6-4-5-7-20(17)24(2)10-12-29(13-11-24)23-28-27-22-16-26-15-18-14-19(25)8-9-21(18)30(22)23;2*1-2/h4-9,14,26H,3,10-13,15-16H2,1-2H3;2*1H2. The molecule has 180 valence electrons. The highest BCUT2D eigenvalue weighted by molar-refractivity contribution is 6.30. The number of benzene rings is 2. The van der Waals surface area contributed by atoms with Gasteiger partial charge in [0.25, 0.3) is 0 Å². The predicted octanol–water partition coefficient (Wildman–Crippen LogP) is 4.27. The number of anilines is 1. The third kappa shape index (κ3) is 4.91. The Morgan fingerprint density at radius 1 is 1.03 bits per heavy atom. The van der Waals surface area contributed by atoms with Crippen molar-refractivity contribution >= 4 is 31.1 Å². The van der Waals surface area contributed by atoms with Crippen LogP contribution in [0, 0.1) is 0 Å². The summed E-state index contributed by atoms with van der Waals surface area (Å²) in [6, 6.07) is 15.0. The van der Waals surface area contributed by atoms with E-state index in [1.807, 2.05) is 25.7 Å². The molecule has 1 aromatic heterocycles. The highest BCUT2D eigenvalue weighted by Crippen LogP contribution is 2.39. The number of carbonyl (C=O) groups excluding carboxylic acids is 2. The number of hydrogen-bond acceptors (Lipinski definition) is 6. The molecule has 0 aliphatic carbocycles. The Hall–Kier alpha value is -3.03. The van der Waals surface area contributed by atoms with Crippen LogP contribution < -0.4 is 10.2 Å². The summed E-state index contributed by atoms with van der Waals surface area (Å²) in [5.74, 6) is 1.90. The maximum atomic E-state index is 8.00. The number of rotatable bonds is 3. The van der Waals surface area contributed by atoms with E-state index in [9.17, 15) is 0 Å². The van der Waals surface area contributed by atoms with Gasteiger partial charge in [-0.25, -0.2) is 0 Å². The molecule has 3 heterocycles. The lowest BCUT2D eigenvalue weighted by atomic mass is 9.72. The summed E-state index contributed by atoms with van der Waals surface area (Å²) in [6.07, 6.45) is 3.30. The predicted molar refractivity (Wildman–Crippen MR) is 136 cm³/mol. The summed E-state index contributed by atoms with van der Waals surface area (Å²) < 4.78 is 2.22.